The van der Waals surface area contributed by atoms with Crippen molar-refractivity contribution in [3.63, 3.8) is 0 Å². The van der Waals surface area contributed by atoms with E-state index in [1.807, 2.05) is 19.1 Å². The van der Waals surface area contributed by atoms with Gasteiger partial charge in [0, 0.05) is 10.0 Å². The van der Waals surface area contributed by atoms with E-state index in [1.54, 1.807) is 42.5 Å². The van der Waals surface area contributed by atoms with Crippen LogP contribution in [0.25, 0.3) is 6.08 Å². The van der Waals surface area contributed by atoms with Crippen LogP contribution in [0.1, 0.15) is 12.5 Å². The average molecular weight is 387 g/mol. The molecule has 0 spiro atoms. The summed E-state index contributed by atoms with van der Waals surface area (Å²) in [4.78, 5) is 24.8. The van der Waals surface area contributed by atoms with Gasteiger partial charge in [0.2, 0.25) is 0 Å². The smallest absolute Gasteiger partial charge is 0.282 e. The highest BCUT2D eigenvalue weighted by Crippen LogP contribution is 2.26. The van der Waals surface area contributed by atoms with Crippen LogP contribution in [0.5, 0.6) is 5.75 Å². The molecule has 2 aromatic carbocycles. The fourth-order valence-corrected chi connectivity index (χ4v) is 2.64. The van der Waals surface area contributed by atoms with E-state index in [9.17, 15) is 9.59 Å². The quantitative estimate of drug-likeness (QED) is 0.647. The summed E-state index contributed by atoms with van der Waals surface area (Å²) in [6, 6.07) is 14.4. The molecule has 122 valence electrons. The summed E-state index contributed by atoms with van der Waals surface area (Å²) >= 11 is 3.34. The normalized spacial score (nSPS) is 15.8. The third-order valence-corrected chi connectivity index (χ3v) is 4.02. The summed E-state index contributed by atoms with van der Waals surface area (Å²) in [6.45, 7) is 2.39. The molecule has 0 atom stereocenters. The van der Waals surface area contributed by atoms with E-state index in [0.717, 1.165) is 4.47 Å². The highest BCUT2D eigenvalue weighted by Gasteiger charge is 2.34. The van der Waals surface area contributed by atoms with Gasteiger partial charge in [-0.1, -0.05) is 34.1 Å². The zero-order valence-corrected chi connectivity index (χ0v) is 14.5. The van der Waals surface area contributed by atoms with Gasteiger partial charge in [-0.05, 0) is 43.3 Å². The lowest BCUT2D eigenvalue weighted by atomic mass is 10.1. The van der Waals surface area contributed by atoms with Crippen molar-refractivity contribution in [2.24, 2.45) is 0 Å². The van der Waals surface area contributed by atoms with Gasteiger partial charge in [-0.3, -0.25) is 15.0 Å². The molecular formula is C18H15BrN2O3. The summed E-state index contributed by atoms with van der Waals surface area (Å²) < 4.78 is 6.43. The maximum atomic E-state index is 12.6. The minimum atomic E-state index is -0.436. The number of halogens is 1. The van der Waals surface area contributed by atoms with E-state index in [-0.39, 0.29) is 5.57 Å². The van der Waals surface area contributed by atoms with Gasteiger partial charge >= 0.3 is 0 Å². The molecule has 1 N–H and O–H groups in total. The molecule has 6 heteroatoms. The molecule has 2 aromatic rings. The van der Waals surface area contributed by atoms with Gasteiger partial charge in [-0.2, -0.15) is 0 Å². The number of para-hydroxylation sites is 1. The third kappa shape index (κ3) is 3.19. The molecule has 2 amide bonds. The van der Waals surface area contributed by atoms with Crippen LogP contribution in [-0.2, 0) is 9.59 Å². The average Bonchev–Trinajstić information content (AvgIpc) is 2.86. The fourth-order valence-electron chi connectivity index (χ4n) is 2.37. The SMILES string of the molecule is CCOc1ccccc1/C=C1\C(=O)NN(c2ccc(Br)cc2)C1=O. The number of carbonyl (C=O) groups is 2. The Morgan fingerprint density at radius 3 is 2.54 bits per heavy atom. The first-order valence-electron chi connectivity index (χ1n) is 7.44. The Morgan fingerprint density at radius 1 is 1.12 bits per heavy atom. The van der Waals surface area contributed by atoms with Gasteiger partial charge in [0.15, 0.2) is 0 Å². The first-order valence-corrected chi connectivity index (χ1v) is 8.24. The summed E-state index contributed by atoms with van der Waals surface area (Å²) in [5.41, 5.74) is 3.94. The van der Waals surface area contributed by atoms with E-state index in [0.29, 0.717) is 23.6 Å². The van der Waals surface area contributed by atoms with Gasteiger partial charge in [0.25, 0.3) is 11.8 Å². The van der Waals surface area contributed by atoms with E-state index < -0.39 is 11.8 Å². The number of carbonyl (C=O) groups excluding carboxylic acids is 2. The maximum Gasteiger partial charge on any atom is 0.282 e. The van der Waals surface area contributed by atoms with E-state index in [1.165, 1.54) is 5.01 Å². The predicted molar refractivity (Wildman–Crippen MR) is 95.4 cm³/mol. The van der Waals surface area contributed by atoms with E-state index in [4.69, 9.17) is 4.74 Å². The van der Waals surface area contributed by atoms with Crippen LogP contribution in [-0.4, -0.2) is 18.4 Å². The third-order valence-electron chi connectivity index (χ3n) is 3.49. The van der Waals surface area contributed by atoms with Crippen molar-refractivity contribution in [3.05, 3.63) is 64.1 Å². The van der Waals surface area contributed by atoms with Gasteiger partial charge in [-0.15, -0.1) is 0 Å². The molecule has 0 saturated carbocycles. The molecule has 0 bridgehead atoms. The number of anilines is 1. The van der Waals surface area contributed by atoms with Crippen LogP contribution in [0.3, 0.4) is 0 Å². The van der Waals surface area contributed by atoms with Gasteiger partial charge in [0.1, 0.15) is 11.3 Å². The first kappa shape index (κ1) is 16.3. The van der Waals surface area contributed by atoms with Crippen molar-refractivity contribution < 1.29 is 14.3 Å². The van der Waals surface area contributed by atoms with Crippen LogP contribution < -0.4 is 15.2 Å². The lowest BCUT2D eigenvalue weighted by Gasteiger charge is -2.14. The van der Waals surface area contributed by atoms with Crippen LogP contribution in [0, 0.1) is 0 Å². The molecule has 24 heavy (non-hydrogen) atoms. The van der Waals surface area contributed by atoms with Crippen LogP contribution in [0.2, 0.25) is 0 Å². The number of benzene rings is 2. The molecule has 1 saturated heterocycles. The number of hydrogen-bond donors (Lipinski definition) is 1. The summed E-state index contributed by atoms with van der Waals surface area (Å²) in [5, 5.41) is 1.24. The Bertz CT molecular complexity index is 815. The first-order chi connectivity index (χ1) is 11.6. The largest absolute Gasteiger partial charge is 0.493 e. The Labute approximate surface area is 148 Å². The fraction of sp³-hybridized carbons (Fsp3) is 0.111. The predicted octanol–water partition coefficient (Wildman–Crippen LogP) is 3.31. The summed E-state index contributed by atoms with van der Waals surface area (Å²) in [5.74, 6) is -0.196. The molecule has 0 aliphatic carbocycles. The number of nitrogens with one attached hydrogen (secondary N) is 1. The molecule has 0 aromatic heterocycles. The number of rotatable bonds is 4. The highest BCUT2D eigenvalue weighted by atomic mass is 79.9. The Hall–Kier alpha value is -2.60. The number of nitrogens with zero attached hydrogens (tertiary/aromatic N) is 1. The second-order valence-electron chi connectivity index (χ2n) is 5.09. The van der Waals surface area contributed by atoms with Crippen LogP contribution in [0.4, 0.5) is 5.69 Å². The molecule has 3 rings (SSSR count). The van der Waals surface area contributed by atoms with Crippen molar-refractivity contribution in [1.29, 1.82) is 0 Å². The molecule has 0 radical (unpaired) electrons. The Kier molecular flexibility index (Phi) is 4.66. The summed E-state index contributed by atoms with van der Waals surface area (Å²) in [7, 11) is 0. The minimum absolute atomic E-state index is 0.0741. The maximum absolute atomic E-state index is 12.6. The Morgan fingerprint density at radius 2 is 1.83 bits per heavy atom. The monoisotopic (exact) mass is 386 g/mol. The van der Waals surface area contributed by atoms with Crippen molar-refractivity contribution in [2.75, 3.05) is 11.6 Å². The van der Waals surface area contributed by atoms with Crippen molar-refractivity contribution in [3.8, 4) is 5.75 Å². The van der Waals surface area contributed by atoms with Gasteiger partial charge in [0.05, 0.1) is 12.3 Å². The molecule has 5 nitrogen and oxygen atoms in total. The van der Waals surface area contributed by atoms with Crippen molar-refractivity contribution in [2.45, 2.75) is 6.92 Å². The molecule has 0 unspecified atom stereocenters. The van der Waals surface area contributed by atoms with Crippen molar-refractivity contribution in [1.82, 2.24) is 5.43 Å². The number of ether oxygens (including phenoxy) is 1. The topological polar surface area (TPSA) is 58.6 Å². The minimum Gasteiger partial charge on any atom is -0.493 e. The standard InChI is InChI=1S/C18H15BrN2O3/c1-2-24-16-6-4-3-5-12(16)11-15-17(22)20-21(18(15)23)14-9-7-13(19)8-10-14/h3-11H,2H2,1H3,(H,20,22)/b15-11+. The molecular weight excluding hydrogens is 372 g/mol. The Balaban J connectivity index is 1.93. The molecule has 1 heterocycles. The number of hydrogen-bond acceptors (Lipinski definition) is 3. The second kappa shape index (κ2) is 6.88. The highest BCUT2D eigenvalue weighted by molar-refractivity contribution is 9.10. The number of hydrazine groups is 1. The second-order valence-corrected chi connectivity index (χ2v) is 6.00. The number of amides is 2. The van der Waals surface area contributed by atoms with Crippen LogP contribution in [0.15, 0.2) is 58.6 Å². The summed E-state index contributed by atoms with van der Waals surface area (Å²) in [6.07, 6.45) is 1.56. The lowest BCUT2D eigenvalue weighted by molar-refractivity contribution is -0.117. The van der Waals surface area contributed by atoms with E-state index >= 15 is 0 Å². The van der Waals surface area contributed by atoms with Gasteiger partial charge < -0.3 is 4.74 Å². The van der Waals surface area contributed by atoms with Gasteiger partial charge in [-0.25, -0.2) is 5.01 Å². The zero-order chi connectivity index (χ0) is 17.1. The lowest BCUT2D eigenvalue weighted by Crippen LogP contribution is -2.35. The molecule has 1 fully saturated rings. The molecule has 1 aliphatic heterocycles. The zero-order valence-electron chi connectivity index (χ0n) is 13.0. The molecule has 1 aliphatic rings. The van der Waals surface area contributed by atoms with Crippen molar-refractivity contribution >= 4 is 39.5 Å². The van der Waals surface area contributed by atoms with Crippen LogP contribution >= 0.6 is 15.9 Å². The van der Waals surface area contributed by atoms with E-state index in [2.05, 4.69) is 21.4 Å².